The normalized spacial score (nSPS) is 13.3. The number of pyridine rings is 1. The van der Waals surface area contributed by atoms with Crippen LogP contribution in [-0.2, 0) is 16.0 Å². The topological polar surface area (TPSA) is 74.7 Å². The van der Waals surface area contributed by atoms with Gasteiger partial charge in [0.25, 0.3) is 0 Å². The average molecular weight is 416 g/mol. The van der Waals surface area contributed by atoms with Crippen molar-refractivity contribution in [1.29, 1.82) is 0 Å². The smallest absolute Gasteiger partial charge is 0.244 e. The third-order valence-corrected chi connectivity index (χ3v) is 5.02. The summed E-state index contributed by atoms with van der Waals surface area (Å²) in [6.07, 6.45) is 2.54. The molecule has 3 aromatic rings. The lowest BCUT2D eigenvalue weighted by atomic mass is 10.0. The van der Waals surface area contributed by atoms with Gasteiger partial charge in [-0.2, -0.15) is 0 Å². The zero-order chi connectivity index (χ0) is 21.8. The zero-order valence-electron chi connectivity index (χ0n) is 17.0. The highest BCUT2D eigenvalue weighted by atomic mass is 19.1. The van der Waals surface area contributed by atoms with Crippen LogP contribution in [0.25, 0.3) is 0 Å². The number of aryl methyl sites for hydroxylation is 1. The average Bonchev–Trinajstić information content (AvgIpc) is 2.92. The van der Waals surface area contributed by atoms with Crippen molar-refractivity contribution >= 4 is 34.7 Å². The molecule has 0 aliphatic carbocycles. The van der Waals surface area contributed by atoms with Gasteiger partial charge in [0.1, 0.15) is 18.0 Å². The molecule has 7 heteroatoms. The Morgan fingerprint density at radius 2 is 1.84 bits per heavy atom. The molecule has 0 saturated heterocycles. The van der Waals surface area contributed by atoms with Gasteiger partial charge in [-0.15, -0.1) is 0 Å². The fraction of sp³-hybridized carbons (Fsp3) is 0.167. The number of carbonyl (C=O) groups is 2. The van der Waals surface area contributed by atoms with Crippen LogP contribution < -0.4 is 10.2 Å². The first-order valence-corrected chi connectivity index (χ1v) is 10.0. The van der Waals surface area contributed by atoms with Crippen molar-refractivity contribution in [3.05, 3.63) is 83.8 Å². The van der Waals surface area contributed by atoms with Gasteiger partial charge < -0.3 is 5.32 Å². The van der Waals surface area contributed by atoms with Crippen molar-refractivity contribution in [1.82, 2.24) is 4.98 Å². The summed E-state index contributed by atoms with van der Waals surface area (Å²) in [5.74, 6) is -0.741. The molecule has 0 radical (unpaired) electrons. The van der Waals surface area contributed by atoms with Crippen molar-refractivity contribution in [2.45, 2.75) is 19.8 Å². The molecule has 2 amide bonds. The molecule has 156 valence electrons. The highest BCUT2D eigenvalue weighted by molar-refractivity contribution is 6.18. The van der Waals surface area contributed by atoms with Gasteiger partial charge in [0, 0.05) is 11.9 Å². The van der Waals surface area contributed by atoms with E-state index >= 15 is 0 Å². The predicted octanol–water partition coefficient (Wildman–Crippen LogP) is 4.28. The summed E-state index contributed by atoms with van der Waals surface area (Å²) in [6, 6.07) is 16.9. The zero-order valence-corrected chi connectivity index (χ0v) is 17.0. The van der Waals surface area contributed by atoms with E-state index in [-0.39, 0.29) is 18.9 Å². The molecule has 2 aromatic carbocycles. The minimum absolute atomic E-state index is 0.0473. The van der Waals surface area contributed by atoms with Crippen LogP contribution in [-0.4, -0.2) is 29.1 Å². The molecule has 6 nitrogen and oxygen atoms in total. The number of nitrogens with zero attached hydrogens (tertiary/aromatic N) is 3. The van der Waals surface area contributed by atoms with Crippen molar-refractivity contribution in [3.63, 3.8) is 0 Å². The number of aromatic nitrogens is 1. The summed E-state index contributed by atoms with van der Waals surface area (Å²) >= 11 is 0. The van der Waals surface area contributed by atoms with Crippen LogP contribution in [0.4, 0.5) is 21.6 Å². The lowest BCUT2D eigenvalue weighted by Crippen LogP contribution is -2.38. The standard InChI is InChI=1S/C24H21FN4O2/c1-2-16-5-7-17(8-6-16)21-14-23(31)29(24-20(28-21)4-3-13-26-24)15-22(30)27-19-11-9-18(25)10-12-19/h3-13H,2,14-15H2,1H3,(H,27,30). The summed E-state index contributed by atoms with van der Waals surface area (Å²) in [5, 5.41) is 2.68. The quantitative estimate of drug-likeness (QED) is 0.675. The maximum atomic E-state index is 13.1. The summed E-state index contributed by atoms with van der Waals surface area (Å²) in [7, 11) is 0. The molecule has 1 aliphatic rings. The van der Waals surface area contributed by atoms with Gasteiger partial charge in [0.15, 0.2) is 5.82 Å². The number of aliphatic imine (C=N–C) groups is 1. The van der Waals surface area contributed by atoms with Crippen LogP contribution in [0.1, 0.15) is 24.5 Å². The number of fused-ring (bicyclic) bond motifs is 1. The van der Waals surface area contributed by atoms with Crippen LogP contribution in [0.3, 0.4) is 0 Å². The van der Waals surface area contributed by atoms with Gasteiger partial charge in [-0.25, -0.2) is 14.4 Å². The van der Waals surface area contributed by atoms with Gasteiger partial charge in [0.2, 0.25) is 11.8 Å². The number of anilines is 2. The summed E-state index contributed by atoms with van der Waals surface area (Å²) in [5.41, 5.74) is 3.66. The summed E-state index contributed by atoms with van der Waals surface area (Å²) in [4.78, 5) is 36.0. The molecule has 0 bridgehead atoms. The van der Waals surface area contributed by atoms with E-state index in [4.69, 9.17) is 0 Å². The molecule has 2 heterocycles. The monoisotopic (exact) mass is 416 g/mol. The van der Waals surface area contributed by atoms with E-state index in [1.165, 1.54) is 34.7 Å². The minimum atomic E-state index is -0.410. The van der Waals surface area contributed by atoms with E-state index in [2.05, 4.69) is 22.2 Å². The number of amides is 2. The number of hydrogen-bond acceptors (Lipinski definition) is 4. The predicted molar refractivity (Wildman–Crippen MR) is 118 cm³/mol. The number of benzene rings is 2. The molecule has 0 unspecified atom stereocenters. The number of hydrogen-bond donors (Lipinski definition) is 1. The molecule has 0 saturated carbocycles. The fourth-order valence-corrected chi connectivity index (χ4v) is 3.37. The Morgan fingerprint density at radius 3 is 2.55 bits per heavy atom. The van der Waals surface area contributed by atoms with E-state index in [9.17, 15) is 14.0 Å². The maximum Gasteiger partial charge on any atom is 0.244 e. The molecule has 1 N–H and O–H groups in total. The molecule has 1 aliphatic heterocycles. The molecule has 0 spiro atoms. The Morgan fingerprint density at radius 1 is 1.10 bits per heavy atom. The van der Waals surface area contributed by atoms with Gasteiger partial charge in [0.05, 0.1) is 12.1 Å². The molecular weight excluding hydrogens is 395 g/mol. The third kappa shape index (κ3) is 4.66. The first-order chi connectivity index (χ1) is 15.0. The second kappa shape index (κ2) is 8.87. The van der Waals surface area contributed by atoms with E-state index in [0.717, 1.165) is 12.0 Å². The van der Waals surface area contributed by atoms with Crippen LogP contribution in [0.2, 0.25) is 0 Å². The van der Waals surface area contributed by atoms with Gasteiger partial charge in [-0.1, -0.05) is 31.2 Å². The maximum absolute atomic E-state index is 13.1. The Balaban J connectivity index is 1.59. The van der Waals surface area contributed by atoms with Crippen LogP contribution in [0.15, 0.2) is 71.9 Å². The van der Waals surface area contributed by atoms with Gasteiger partial charge in [-0.05, 0) is 53.9 Å². The van der Waals surface area contributed by atoms with Crippen LogP contribution in [0.5, 0.6) is 0 Å². The Kier molecular flexibility index (Phi) is 5.84. The Hall–Kier alpha value is -3.87. The number of halogens is 1. The molecule has 4 rings (SSSR count). The number of rotatable bonds is 5. The van der Waals surface area contributed by atoms with Crippen molar-refractivity contribution in [2.24, 2.45) is 4.99 Å². The second-order valence-electron chi connectivity index (χ2n) is 7.17. The van der Waals surface area contributed by atoms with Crippen LogP contribution >= 0.6 is 0 Å². The van der Waals surface area contributed by atoms with Crippen molar-refractivity contribution < 1.29 is 14.0 Å². The van der Waals surface area contributed by atoms with Gasteiger partial charge >= 0.3 is 0 Å². The lowest BCUT2D eigenvalue weighted by molar-refractivity contribution is -0.120. The van der Waals surface area contributed by atoms with E-state index in [0.29, 0.717) is 22.9 Å². The van der Waals surface area contributed by atoms with Crippen molar-refractivity contribution in [3.8, 4) is 0 Å². The Bertz CT molecular complexity index is 1140. The van der Waals surface area contributed by atoms with Gasteiger partial charge in [-0.3, -0.25) is 14.5 Å². The highest BCUT2D eigenvalue weighted by Gasteiger charge is 2.27. The largest absolute Gasteiger partial charge is 0.325 e. The van der Waals surface area contributed by atoms with Crippen molar-refractivity contribution in [2.75, 3.05) is 16.8 Å². The first kappa shape index (κ1) is 20.4. The van der Waals surface area contributed by atoms with E-state index < -0.39 is 11.7 Å². The van der Waals surface area contributed by atoms with Crippen LogP contribution in [0, 0.1) is 5.82 Å². The minimum Gasteiger partial charge on any atom is -0.325 e. The Labute approximate surface area is 179 Å². The molecule has 0 fully saturated rings. The molecule has 0 atom stereocenters. The number of carbonyl (C=O) groups excluding carboxylic acids is 2. The summed E-state index contributed by atoms with van der Waals surface area (Å²) in [6.45, 7) is 1.86. The summed E-state index contributed by atoms with van der Waals surface area (Å²) < 4.78 is 13.1. The third-order valence-electron chi connectivity index (χ3n) is 5.02. The molecule has 1 aromatic heterocycles. The lowest BCUT2D eigenvalue weighted by Gasteiger charge is -2.20. The number of nitrogens with one attached hydrogen (secondary N) is 1. The second-order valence-corrected chi connectivity index (χ2v) is 7.17. The highest BCUT2D eigenvalue weighted by Crippen LogP contribution is 2.30. The molecule has 31 heavy (non-hydrogen) atoms. The first-order valence-electron chi connectivity index (χ1n) is 10.0. The SMILES string of the molecule is CCc1ccc(C2=Nc3cccnc3N(CC(=O)Nc3ccc(F)cc3)C(=O)C2)cc1. The van der Waals surface area contributed by atoms with E-state index in [1.807, 2.05) is 24.3 Å². The molecular formula is C24H21FN4O2. The van der Waals surface area contributed by atoms with E-state index in [1.54, 1.807) is 18.3 Å². The fourth-order valence-electron chi connectivity index (χ4n) is 3.37.